The first-order valence-corrected chi connectivity index (χ1v) is 9.63. The number of thiophene rings is 1. The van der Waals surface area contributed by atoms with Gasteiger partial charge in [0, 0.05) is 11.6 Å². The molecule has 24 heavy (non-hydrogen) atoms. The highest BCUT2D eigenvalue weighted by atomic mass is 35.5. The molecule has 0 fully saturated rings. The van der Waals surface area contributed by atoms with E-state index in [1.54, 1.807) is 6.20 Å². The third-order valence-electron chi connectivity index (χ3n) is 3.55. The maximum Gasteiger partial charge on any atom is 0.227 e. The van der Waals surface area contributed by atoms with Crippen molar-refractivity contribution < 1.29 is 4.74 Å². The summed E-state index contributed by atoms with van der Waals surface area (Å²) >= 11 is 9.24. The second-order valence-electron chi connectivity index (χ2n) is 5.05. The second kappa shape index (κ2) is 6.55. The lowest BCUT2D eigenvalue weighted by Crippen LogP contribution is -1.99. The van der Waals surface area contributed by atoms with Gasteiger partial charge in [-0.05, 0) is 17.9 Å². The fourth-order valence-electron chi connectivity index (χ4n) is 2.44. The normalized spacial score (nSPS) is 11.2. The third kappa shape index (κ3) is 2.81. The van der Waals surface area contributed by atoms with Crippen LogP contribution in [0.4, 0.5) is 0 Å². The molecule has 1 aromatic carbocycles. The molecule has 120 valence electrons. The Hall–Kier alpha value is -1.89. The molecule has 0 bridgehead atoms. The van der Waals surface area contributed by atoms with Gasteiger partial charge in [-0.3, -0.25) is 0 Å². The molecule has 0 N–H and O–H groups in total. The number of thioether (sulfide) groups is 1. The van der Waals surface area contributed by atoms with Crippen molar-refractivity contribution in [3.63, 3.8) is 0 Å². The number of ether oxygens (including phenoxy) is 1. The first-order valence-electron chi connectivity index (χ1n) is 7.21. The van der Waals surface area contributed by atoms with E-state index < -0.39 is 0 Å². The van der Waals surface area contributed by atoms with E-state index in [1.807, 2.05) is 42.7 Å². The van der Waals surface area contributed by atoms with Crippen LogP contribution in [0.3, 0.4) is 0 Å². The summed E-state index contributed by atoms with van der Waals surface area (Å²) in [6, 6.07) is 12.0. The number of rotatable bonds is 4. The Balaban J connectivity index is 1.85. The zero-order chi connectivity index (χ0) is 16.5. The molecule has 0 aliphatic rings. The molecule has 0 saturated carbocycles. The van der Waals surface area contributed by atoms with Crippen LogP contribution in [0.5, 0.6) is 5.88 Å². The van der Waals surface area contributed by atoms with Crippen LogP contribution in [0.2, 0.25) is 5.15 Å². The van der Waals surface area contributed by atoms with Gasteiger partial charge in [-0.2, -0.15) is 4.98 Å². The smallest absolute Gasteiger partial charge is 0.227 e. The molecule has 0 amide bonds. The molecule has 0 saturated heterocycles. The molecule has 0 atom stereocenters. The maximum atomic E-state index is 6.23. The van der Waals surface area contributed by atoms with E-state index in [-0.39, 0.29) is 0 Å². The van der Waals surface area contributed by atoms with Crippen LogP contribution in [0, 0.1) is 0 Å². The van der Waals surface area contributed by atoms with Gasteiger partial charge < -0.3 is 4.74 Å². The van der Waals surface area contributed by atoms with E-state index in [1.165, 1.54) is 23.1 Å². The van der Waals surface area contributed by atoms with Crippen LogP contribution in [0.25, 0.3) is 20.3 Å². The second-order valence-corrected chi connectivity index (χ2v) is 7.18. The Morgan fingerprint density at radius 2 is 2.00 bits per heavy atom. The molecule has 0 aliphatic heterocycles. The maximum absolute atomic E-state index is 6.23. The van der Waals surface area contributed by atoms with Crippen LogP contribution in [0.1, 0.15) is 5.56 Å². The molecule has 4 aromatic rings. The monoisotopic (exact) mass is 373 g/mol. The minimum Gasteiger partial charge on any atom is -0.472 e. The number of fused-ring (bicyclic) bond motifs is 3. The highest BCUT2D eigenvalue weighted by molar-refractivity contribution is 7.98. The molecular weight excluding hydrogens is 362 g/mol. The Kier molecular flexibility index (Phi) is 4.26. The Morgan fingerprint density at radius 1 is 1.17 bits per heavy atom. The number of pyridine rings is 1. The Morgan fingerprint density at radius 3 is 2.79 bits per heavy atom. The summed E-state index contributed by atoms with van der Waals surface area (Å²) < 4.78 is 6.94. The van der Waals surface area contributed by atoms with Gasteiger partial charge in [0.15, 0.2) is 5.16 Å². The van der Waals surface area contributed by atoms with E-state index in [9.17, 15) is 0 Å². The summed E-state index contributed by atoms with van der Waals surface area (Å²) in [5.41, 5.74) is 1.09. The number of hydrogen-bond donors (Lipinski definition) is 0. The van der Waals surface area contributed by atoms with Crippen LogP contribution in [-0.2, 0) is 6.61 Å². The van der Waals surface area contributed by atoms with E-state index >= 15 is 0 Å². The highest BCUT2D eigenvalue weighted by Gasteiger charge is 2.17. The van der Waals surface area contributed by atoms with Crippen LogP contribution in [0.15, 0.2) is 47.8 Å². The summed E-state index contributed by atoms with van der Waals surface area (Å²) in [7, 11) is 0. The SMILES string of the molecule is CSc1nc(OCc2ccccc2)c2c(n1)sc1c(Cl)nccc12. The average Bonchev–Trinajstić information content (AvgIpc) is 3.00. The van der Waals surface area contributed by atoms with E-state index in [0.29, 0.717) is 22.8 Å². The molecule has 0 aliphatic carbocycles. The highest BCUT2D eigenvalue weighted by Crippen LogP contribution is 2.40. The van der Waals surface area contributed by atoms with Crippen molar-refractivity contribution in [2.75, 3.05) is 6.26 Å². The number of benzene rings is 1. The van der Waals surface area contributed by atoms with E-state index in [2.05, 4.69) is 15.0 Å². The van der Waals surface area contributed by atoms with Gasteiger partial charge in [0.05, 0.1) is 10.1 Å². The van der Waals surface area contributed by atoms with Crippen LogP contribution >= 0.6 is 34.7 Å². The van der Waals surface area contributed by atoms with E-state index in [0.717, 1.165) is 25.9 Å². The number of halogens is 1. The fourth-order valence-corrected chi connectivity index (χ4v) is 4.17. The lowest BCUT2D eigenvalue weighted by molar-refractivity contribution is 0.295. The zero-order valence-electron chi connectivity index (χ0n) is 12.7. The summed E-state index contributed by atoms with van der Waals surface area (Å²) in [5.74, 6) is 0.585. The van der Waals surface area contributed by atoms with E-state index in [4.69, 9.17) is 16.3 Å². The Labute approximate surface area is 151 Å². The minimum absolute atomic E-state index is 0.455. The first-order chi connectivity index (χ1) is 11.8. The molecule has 0 unspecified atom stereocenters. The molecule has 3 aromatic heterocycles. The molecule has 4 rings (SSSR count). The van der Waals surface area contributed by atoms with Gasteiger partial charge in [-0.15, -0.1) is 11.3 Å². The van der Waals surface area contributed by atoms with Crippen molar-refractivity contribution in [3.05, 3.63) is 53.3 Å². The Bertz CT molecular complexity index is 1020. The van der Waals surface area contributed by atoms with Crippen molar-refractivity contribution >= 4 is 55.0 Å². The lowest BCUT2D eigenvalue weighted by Gasteiger charge is -2.08. The van der Waals surface area contributed by atoms with Crippen LogP contribution < -0.4 is 4.74 Å². The summed E-state index contributed by atoms with van der Waals surface area (Å²) in [5, 5.41) is 3.04. The summed E-state index contributed by atoms with van der Waals surface area (Å²) in [6.07, 6.45) is 3.64. The van der Waals surface area contributed by atoms with Crippen LogP contribution in [-0.4, -0.2) is 21.2 Å². The fraction of sp³-hybridized carbons (Fsp3) is 0.118. The third-order valence-corrected chi connectivity index (χ3v) is 5.60. The number of hydrogen-bond acceptors (Lipinski definition) is 6. The predicted octanol–water partition coefficient (Wildman–Crippen LogP) is 5.19. The topological polar surface area (TPSA) is 47.9 Å². The van der Waals surface area contributed by atoms with Crippen molar-refractivity contribution in [1.29, 1.82) is 0 Å². The quantitative estimate of drug-likeness (QED) is 0.280. The average molecular weight is 374 g/mol. The summed E-state index contributed by atoms with van der Waals surface area (Å²) in [4.78, 5) is 14.2. The van der Waals surface area contributed by atoms with Crippen molar-refractivity contribution in [1.82, 2.24) is 15.0 Å². The van der Waals surface area contributed by atoms with Gasteiger partial charge in [-0.25, -0.2) is 9.97 Å². The lowest BCUT2D eigenvalue weighted by atomic mass is 10.2. The molecule has 0 radical (unpaired) electrons. The van der Waals surface area contributed by atoms with Crippen molar-refractivity contribution in [2.45, 2.75) is 11.8 Å². The van der Waals surface area contributed by atoms with Crippen molar-refractivity contribution in [2.24, 2.45) is 0 Å². The van der Waals surface area contributed by atoms with Crippen molar-refractivity contribution in [3.8, 4) is 5.88 Å². The molecule has 7 heteroatoms. The molecule has 0 spiro atoms. The molecule has 4 nitrogen and oxygen atoms in total. The van der Waals surface area contributed by atoms with Gasteiger partial charge in [0.25, 0.3) is 0 Å². The minimum atomic E-state index is 0.455. The van der Waals surface area contributed by atoms with Gasteiger partial charge >= 0.3 is 0 Å². The number of nitrogens with zero attached hydrogens (tertiary/aromatic N) is 3. The molecule has 3 heterocycles. The first kappa shape index (κ1) is 15.6. The number of aromatic nitrogens is 3. The standard InChI is InChI=1S/C17H12ClN3OS2/c1-23-17-20-15(22-9-10-5-3-2-4-6-10)12-11-7-8-19-14(18)13(11)24-16(12)21-17/h2-8H,9H2,1H3. The zero-order valence-corrected chi connectivity index (χ0v) is 15.1. The van der Waals surface area contributed by atoms with Gasteiger partial charge in [-0.1, -0.05) is 53.7 Å². The van der Waals surface area contributed by atoms with Gasteiger partial charge in [0.2, 0.25) is 5.88 Å². The summed E-state index contributed by atoms with van der Waals surface area (Å²) in [6.45, 7) is 0.455. The predicted molar refractivity (Wildman–Crippen MR) is 100 cm³/mol. The molecular formula is C17H12ClN3OS2. The largest absolute Gasteiger partial charge is 0.472 e. The van der Waals surface area contributed by atoms with Gasteiger partial charge in [0.1, 0.15) is 16.6 Å².